The molecule has 6 atom stereocenters. The summed E-state index contributed by atoms with van der Waals surface area (Å²) in [5.74, 6) is 1.95. The highest BCUT2D eigenvalue weighted by atomic mass is 28.4. The molecule has 0 aliphatic heterocycles. The van der Waals surface area contributed by atoms with E-state index in [0.717, 1.165) is 25.9 Å². The molecule has 1 saturated carbocycles. The van der Waals surface area contributed by atoms with Gasteiger partial charge >= 0.3 is 5.97 Å². The Morgan fingerprint density at radius 1 is 1.26 bits per heavy atom. The molecule has 0 spiro atoms. The van der Waals surface area contributed by atoms with Gasteiger partial charge in [0.15, 0.2) is 8.32 Å². The van der Waals surface area contributed by atoms with Crippen LogP contribution < -0.4 is 0 Å². The first-order valence-electron chi connectivity index (χ1n) is 11.0. The Kier molecular flexibility index (Phi) is 7.40. The van der Waals surface area contributed by atoms with Crippen LogP contribution in [0.15, 0.2) is 12.2 Å². The minimum absolute atomic E-state index is 0.0123. The predicted octanol–water partition coefficient (Wildman–Crippen LogP) is 6.20. The van der Waals surface area contributed by atoms with Crippen molar-refractivity contribution in [2.75, 3.05) is 6.61 Å². The Labute approximate surface area is 168 Å². The molecule has 0 saturated heterocycles. The van der Waals surface area contributed by atoms with Gasteiger partial charge in [-0.3, -0.25) is 4.79 Å². The first kappa shape index (κ1) is 22.7. The van der Waals surface area contributed by atoms with Gasteiger partial charge in [0.25, 0.3) is 0 Å². The van der Waals surface area contributed by atoms with Crippen LogP contribution in [-0.4, -0.2) is 27.0 Å². The number of carbonyl (C=O) groups excluding carboxylic acids is 1. The summed E-state index contributed by atoms with van der Waals surface area (Å²) < 4.78 is 12.7. The molecular weight excluding hydrogens is 352 g/mol. The van der Waals surface area contributed by atoms with E-state index in [1.165, 1.54) is 6.42 Å². The molecule has 0 N–H and O–H groups in total. The van der Waals surface area contributed by atoms with Crippen LogP contribution in [0.5, 0.6) is 0 Å². The number of rotatable bonds is 6. The van der Waals surface area contributed by atoms with Crippen molar-refractivity contribution in [3.63, 3.8) is 0 Å². The fourth-order valence-electron chi connectivity index (χ4n) is 4.26. The molecular formula is C23H42O3Si. The Balaban J connectivity index is 2.14. The molecule has 27 heavy (non-hydrogen) atoms. The fraction of sp³-hybridized carbons (Fsp3) is 0.870. The SMILES string of the molecule is CC[C@H](C)C(=O)O[C@H]1C[C@@H](C)C[C@@H]2C=CC[C@H](CO[Si](C)(C)C(C)(C)C)[C@@H]12. The average molecular weight is 395 g/mol. The second-order valence-electron chi connectivity index (χ2n) is 10.6. The maximum absolute atomic E-state index is 12.5. The van der Waals surface area contributed by atoms with Crippen molar-refractivity contribution in [3.05, 3.63) is 12.2 Å². The average Bonchev–Trinajstić information content (AvgIpc) is 2.57. The summed E-state index contributed by atoms with van der Waals surface area (Å²) in [5, 5.41) is 0.223. The van der Waals surface area contributed by atoms with E-state index in [0.29, 0.717) is 23.7 Å². The zero-order valence-corrected chi connectivity index (χ0v) is 19.9. The van der Waals surface area contributed by atoms with Gasteiger partial charge < -0.3 is 9.16 Å². The number of fused-ring (bicyclic) bond motifs is 1. The number of allylic oxidation sites excluding steroid dienone is 2. The van der Waals surface area contributed by atoms with Crippen molar-refractivity contribution < 1.29 is 14.0 Å². The van der Waals surface area contributed by atoms with Crippen molar-refractivity contribution in [3.8, 4) is 0 Å². The van der Waals surface area contributed by atoms with Gasteiger partial charge in [0, 0.05) is 12.5 Å². The quantitative estimate of drug-likeness (QED) is 0.305. The first-order valence-corrected chi connectivity index (χ1v) is 13.9. The third-order valence-corrected chi connectivity index (χ3v) is 11.8. The molecule has 0 aromatic rings. The summed E-state index contributed by atoms with van der Waals surface area (Å²) in [6, 6.07) is 0. The van der Waals surface area contributed by atoms with Gasteiger partial charge in [0.1, 0.15) is 6.10 Å². The van der Waals surface area contributed by atoms with E-state index in [9.17, 15) is 4.79 Å². The molecule has 0 amide bonds. The van der Waals surface area contributed by atoms with Gasteiger partial charge in [-0.1, -0.05) is 53.7 Å². The topological polar surface area (TPSA) is 35.5 Å². The number of esters is 1. The van der Waals surface area contributed by atoms with Crippen LogP contribution >= 0.6 is 0 Å². The van der Waals surface area contributed by atoms with Gasteiger partial charge in [0.2, 0.25) is 0 Å². The smallest absolute Gasteiger partial charge is 0.308 e. The van der Waals surface area contributed by atoms with Crippen molar-refractivity contribution in [2.24, 2.45) is 29.6 Å². The van der Waals surface area contributed by atoms with E-state index in [4.69, 9.17) is 9.16 Å². The molecule has 0 heterocycles. The van der Waals surface area contributed by atoms with Crippen LogP contribution in [0.25, 0.3) is 0 Å². The summed E-state index contributed by atoms with van der Waals surface area (Å²) in [7, 11) is -1.77. The molecule has 2 aliphatic rings. The summed E-state index contributed by atoms with van der Waals surface area (Å²) >= 11 is 0. The van der Waals surface area contributed by atoms with Crippen LogP contribution in [0, 0.1) is 29.6 Å². The Hall–Kier alpha value is -0.613. The maximum atomic E-state index is 12.5. The lowest BCUT2D eigenvalue weighted by atomic mass is 9.64. The number of carbonyl (C=O) groups is 1. The van der Waals surface area contributed by atoms with E-state index < -0.39 is 8.32 Å². The first-order chi connectivity index (χ1) is 12.5. The largest absolute Gasteiger partial charge is 0.462 e. The van der Waals surface area contributed by atoms with Crippen molar-refractivity contribution >= 4 is 14.3 Å². The van der Waals surface area contributed by atoms with Crippen LogP contribution in [0.2, 0.25) is 18.1 Å². The minimum atomic E-state index is -1.77. The van der Waals surface area contributed by atoms with Gasteiger partial charge in [0.05, 0.1) is 5.92 Å². The summed E-state index contributed by atoms with van der Waals surface area (Å²) in [5.41, 5.74) is 0. The lowest BCUT2D eigenvalue weighted by Crippen LogP contribution is -2.48. The van der Waals surface area contributed by atoms with Crippen molar-refractivity contribution in [1.29, 1.82) is 0 Å². The van der Waals surface area contributed by atoms with E-state index in [-0.39, 0.29) is 23.0 Å². The highest BCUT2D eigenvalue weighted by Gasteiger charge is 2.45. The lowest BCUT2D eigenvalue weighted by molar-refractivity contribution is -0.163. The molecule has 2 aliphatic carbocycles. The number of hydrogen-bond acceptors (Lipinski definition) is 3. The molecule has 0 aromatic carbocycles. The lowest BCUT2D eigenvalue weighted by Gasteiger charge is -2.46. The Bertz CT molecular complexity index is 534. The maximum Gasteiger partial charge on any atom is 0.308 e. The molecule has 0 radical (unpaired) electrons. The van der Waals surface area contributed by atoms with E-state index in [2.05, 4.69) is 59.9 Å². The number of hydrogen-bond donors (Lipinski definition) is 0. The summed E-state index contributed by atoms with van der Waals surface area (Å²) in [6.45, 7) is 18.7. The Morgan fingerprint density at radius 2 is 1.93 bits per heavy atom. The van der Waals surface area contributed by atoms with Gasteiger partial charge in [-0.2, -0.15) is 0 Å². The minimum Gasteiger partial charge on any atom is -0.462 e. The van der Waals surface area contributed by atoms with E-state index in [1.54, 1.807) is 0 Å². The second-order valence-corrected chi connectivity index (χ2v) is 15.4. The molecule has 156 valence electrons. The number of ether oxygens (including phenoxy) is 1. The third kappa shape index (κ3) is 5.47. The zero-order valence-electron chi connectivity index (χ0n) is 18.9. The molecule has 4 heteroatoms. The third-order valence-electron chi connectivity index (χ3n) is 7.35. The van der Waals surface area contributed by atoms with E-state index >= 15 is 0 Å². The zero-order chi connectivity index (χ0) is 20.4. The highest BCUT2D eigenvalue weighted by Crippen LogP contribution is 2.45. The van der Waals surface area contributed by atoms with Crippen LogP contribution in [0.4, 0.5) is 0 Å². The monoisotopic (exact) mass is 394 g/mol. The van der Waals surface area contributed by atoms with Gasteiger partial charge in [-0.15, -0.1) is 0 Å². The summed E-state index contributed by atoms with van der Waals surface area (Å²) in [6.07, 6.45) is 8.84. The van der Waals surface area contributed by atoms with Gasteiger partial charge in [-0.05, 0) is 61.6 Å². The standard InChI is InChI=1S/C23H42O3Si/c1-9-17(3)22(24)26-20-14-16(2)13-18-11-10-12-19(21(18)20)15-25-27(7,8)23(4,5)6/h10-11,16-21H,9,12-15H2,1-8H3/t16-,17-,18-,19+,20-,21-/m0/s1. The molecule has 1 fully saturated rings. The van der Waals surface area contributed by atoms with Crippen molar-refractivity contribution in [2.45, 2.75) is 91.5 Å². The molecule has 0 aromatic heterocycles. The van der Waals surface area contributed by atoms with Gasteiger partial charge in [-0.25, -0.2) is 0 Å². The summed E-state index contributed by atoms with van der Waals surface area (Å²) in [4.78, 5) is 12.5. The predicted molar refractivity (Wildman–Crippen MR) is 115 cm³/mol. The molecule has 2 rings (SSSR count). The molecule has 3 nitrogen and oxygen atoms in total. The molecule has 0 unspecified atom stereocenters. The van der Waals surface area contributed by atoms with Crippen LogP contribution in [0.3, 0.4) is 0 Å². The fourth-order valence-corrected chi connectivity index (χ4v) is 5.33. The Morgan fingerprint density at radius 3 is 2.52 bits per heavy atom. The van der Waals surface area contributed by atoms with Crippen LogP contribution in [-0.2, 0) is 14.0 Å². The van der Waals surface area contributed by atoms with Crippen molar-refractivity contribution in [1.82, 2.24) is 0 Å². The molecule has 0 bridgehead atoms. The highest BCUT2D eigenvalue weighted by molar-refractivity contribution is 6.74. The second kappa shape index (κ2) is 8.81. The normalized spacial score (nSPS) is 32.7. The van der Waals surface area contributed by atoms with E-state index in [1.807, 2.05) is 6.92 Å². The van der Waals surface area contributed by atoms with Crippen LogP contribution in [0.1, 0.15) is 67.2 Å².